The van der Waals surface area contributed by atoms with Crippen LogP contribution in [-0.2, 0) is 0 Å². The minimum atomic E-state index is 0.400. The third-order valence-electron chi connectivity index (χ3n) is 3.31. The highest BCUT2D eigenvalue weighted by Crippen LogP contribution is 2.37. The van der Waals surface area contributed by atoms with Gasteiger partial charge in [0.1, 0.15) is 0 Å². The average Bonchev–Trinajstić information content (AvgIpc) is 2.91. The van der Waals surface area contributed by atoms with Crippen molar-refractivity contribution in [1.29, 1.82) is 0 Å². The Morgan fingerprint density at radius 1 is 1.53 bits per heavy atom. The summed E-state index contributed by atoms with van der Waals surface area (Å²) in [4.78, 5) is 0. The Labute approximate surface area is 96.8 Å². The molecule has 1 nitrogen and oxygen atoms in total. The number of rotatable bonds is 4. The molecule has 0 heterocycles. The summed E-state index contributed by atoms with van der Waals surface area (Å²) in [5, 5.41) is 4.38. The van der Waals surface area contributed by atoms with E-state index in [1.54, 1.807) is 0 Å². The molecule has 0 spiro atoms. The molecule has 0 radical (unpaired) electrons. The van der Waals surface area contributed by atoms with Gasteiger partial charge in [-0.2, -0.15) is 0 Å². The average molecular weight is 224 g/mol. The second kappa shape index (κ2) is 4.54. The van der Waals surface area contributed by atoms with E-state index in [1.807, 2.05) is 18.2 Å². The summed E-state index contributed by atoms with van der Waals surface area (Å²) in [6.07, 6.45) is 1.38. The van der Waals surface area contributed by atoms with Crippen LogP contribution < -0.4 is 5.32 Å². The second-order valence-corrected chi connectivity index (χ2v) is 5.09. The predicted octanol–water partition coefficient (Wildman–Crippen LogP) is 3.65. The molecule has 0 aromatic heterocycles. The first kappa shape index (κ1) is 11.0. The van der Waals surface area contributed by atoms with Crippen molar-refractivity contribution in [2.24, 2.45) is 11.8 Å². The minimum absolute atomic E-state index is 0.400. The Balaban J connectivity index is 1.87. The predicted molar refractivity (Wildman–Crippen MR) is 65.1 cm³/mol. The van der Waals surface area contributed by atoms with Crippen LogP contribution in [0.5, 0.6) is 0 Å². The highest BCUT2D eigenvalue weighted by atomic mass is 35.5. The molecule has 1 fully saturated rings. The van der Waals surface area contributed by atoms with Crippen LogP contribution >= 0.6 is 11.6 Å². The molecule has 3 unspecified atom stereocenters. The van der Waals surface area contributed by atoms with Gasteiger partial charge in [-0.1, -0.05) is 30.7 Å². The zero-order valence-corrected chi connectivity index (χ0v) is 10.1. The van der Waals surface area contributed by atoms with Gasteiger partial charge in [0.25, 0.3) is 0 Å². The standard InChI is InChI=1S/C13H18ClN/c1-9-6-12(9)8-15-10(2)11-4-3-5-13(14)7-11/h3-5,7,9-10,12,15H,6,8H2,1-2H3. The molecule has 0 bridgehead atoms. The first-order valence-electron chi connectivity index (χ1n) is 5.65. The van der Waals surface area contributed by atoms with Crippen molar-refractivity contribution in [1.82, 2.24) is 5.32 Å². The summed E-state index contributed by atoms with van der Waals surface area (Å²) >= 11 is 5.96. The number of hydrogen-bond acceptors (Lipinski definition) is 1. The first-order valence-corrected chi connectivity index (χ1v) is 6.03. The van der Waals surface area contributed by atoms with Crippen LogP contribution in [0.15, 0.2) is 24.3 Å². The maximum atomic E-state index is 5.96. The summed E-state index contributed by atoms with van der Waals surface area (Å²) in [6.45, 7) is 5.64. The van der Waals surface area contributed by atoms with E-state index in [0.29, 0.717) is 6.04 Å². The SMILES string of the molecule is CC(NCC1CC1C)c1cccc(Cl)c1. The third kappa shape index (κ3) is 2.96. The lowest BCUT2D eigenvalue weighted by molar-refractivity contribution is 0.535. The fourth-order valence-electron chi connectivity index (χ4n) is 1.91. The summed E-state index contributed by atoms with van der Waals surface area (Å²) in [6, 6.07) is 8.49. The van der Waals surface area contributed by atoms with Gasteiger partial charge >= 0.3 is 0 Å². The Kier molecular flexibility index (Phi) is 3.32. The quantitative estimate of drug-likeness (QED) is 0.822. The van der Waals surface area contributed by atoms with Gasteiger partial charge in [0.2, 0.25) is 0 Å². The van der Waals surface area contributed by atoms with Gasteiger partial charge in [-0.25, -0.2) is 0 Å². The van der Waals surface area contributed by atoms with Crippen LogP contribution in [-0.4, -0.2) is 6.54 Å². The van der Waals surface area contributed by atoms with Crippen LogP contribution in [0.3, 0.4) is 0 Å². The summed E-state index contributed by atoms with van der Waals surface area (Å²) < 4.78 is 0. The van der Waals surface area contributed by atoms with E-state index in [9.17, 15) is 0 Å². The highest BCUT2D eigenvalue weighted by molar-refractivity contribution is 6.30. The molecule has 1 aliphatic carbocycles. The van der Waals surface area contributed by atoms with Crippen LogP contribution in [0.25, 0.3) is 0 Å². The molecule has 0 saturated heterocycles. The maximum absolute atomic E-state index is 5.96. The van der Waals surface area contributed by atoms with E-state index in [-0.39, 0.29) is 0 Å². The lowest BCUT2D eigenvalue weighted by Crippen LogP contribution is -2.21. The largest absolute Gasteiger partial charge is 0.310 e. The van der Waals surface area contributed by atoms with Gasteiger partial charge in [0.05, 0.1) is 0 Å². The van der Waals surface area contributed by atoms with E-state index in [1.165, 1.54) is 12.0 Å². The van der Waals surface area contributed by atoms with E-state index < -0.39 is 0 Å². The molecule has 15 heavy (non-hydrogen) atoms. The third-order valence-corrected chi connectivity index (χ3v) is 3.55. The molecular weight excluding hydrogens is 206 g/mol. The van der Waals surface area contributed by atoms with Crippen LogP contribution in [0.2, 0.25) is 5.02 Å². The smallest absolute Gasteiger partial charge is 0.0409 e. The van der Waals surface area contributed by atoms with Gasteiger partial charge in [-0.15, -0.1) is 0 Å². The number of hydrogen-bond donors (Lipinski definition) is 1. The molecule has 2 rings (SSSR count). The van der Waals surface area contributed by atoms with Crippen molar-refractivity contribution in [3.8, 4) is 0 Å². The van der Waals surface area contributed by atoms with Crippen LogP contribution in [0.4, 0.5) is 0 Å². The van der Waals surface area contributed by atoms with Gasteiger partial charge in [-0.05, 0) is 49.4 Å². The summed E-state index contributed by atoms with van der Waals surface area (Å²) in [5.41, 5.74) is 1.27. The van der Waals surface area contributed by atoms with Crippen molar-refractivity contribution < 1.29 is 0 Å². The lowest BCUT2D eigenvalue weighted by Gasteiger charge is -2.14. The van der Waals surface area contributed by atoms with Gasteiger partial charge in [0.15, 0.2) is 0 Å². The fraction of sp³-hybridized carbons (Fsp3) is 0.538. The minimum Gasteiger partial charge on any atom is -0.310 e. The molecule has 0 amide bonds. The molecule has 3 atom stereocenters. The summed E-state index contributed by atoms with van der Waals surface area (Å²) in [7, 11) is 0. The Morgan fingerprint density at radius 3 is 2.87 bits per heavy atom. The van der Waals surface area contributed by atoms with E-state index in [2.05, 4.69) is 25.2 Å². The lowest BCUT2D eigenvalue weighted by atomic mass is 10.1. The molecular formula is C13H18ClN. The zero-order valence-electron chi connectivity index (χ0n) is 9.33. The van der Waals surface area contributed by atoms with Gasteiger partial charge < -0.3 is 5.32 Å². The highest BCUT2D eigenvalue weighted by Gasteiger charge is 2.32. The normalized spacial score (nSPS) is 26.3. The van der Waals surface area contributed by atoms with E-state index in [0.717, 1.165) is 23.4 Å². The van der Waals surface area contributed by atoms with Crippen LogP contribution in [0, 0.1) is 11.8 Å². The molecule has 1 N–H and O–H groups in total. The Morgan fingerprint density at radius 2 is 2.27 bits per heavy atom. The maximum Gasteiger partial charge on any atom is 0.0409 e. The van der Waals surface area contributed by atoms with E-state index in [4.69, 9.17) is 11.6 Å². The topological polar surface area (TPSA) is 12.0 Å². The molecule has 82 valence electrons. The van der Waals surface area contributed by atoms with Crippen LogP contribution in [0.1, 0.15) is 31.9 Å². The molecule has 1 aliphatic rings. The number of halogens is 1. The first-order chi connectivity index (χ1) is 7.16. The van der Waals surface area contributed by atoms with Crippen molar-refractivity contribution >= 4 is 11.6 Å². The molecule has 0 aliphatic heterocycles. The van der Waals surface area contributed by atoms with Crippen molar-refractivity contribution in [3.63, 3.8) is 0 Å². The molecule has 1 aromatic rings. The molecule has 1 aromatic carbocycles. The monoisotopic (exact) mass is 223 g/mol. The number of benzene rings is 1. The van der Waals surface area contributed by atoms with Crippen molar-refractivity contribution in [2.75, 3.05) is 6.54 Å². The molecule has 2 heteroatoms. The van der Waals surface area contributed by atoms with Crippen molar-refractivity contribution in [2.45, 2.75) is 26.3 Å². The van der Waals surface area contributed by atoms with E-state index >= 15 is 0 Å². The van der Waals surface area contributed by atoms with Gasteiger partial charge in [-0.3, -0.25) is 0 Å². The zero-order chi connectivity index (χ0) is 10.8. The summed E-state index contributed by atoms with van der Waals surface area (Å²) in [5.74, 6) is 1.82. The van der Waals surface area contributed by atoms with Crippen molar-refractivity contribution in [3.05, 3.63) is 34.9 Å². The number of nitrogens with one attached hydrogen (secondary N) is 1. The molecule has 1 saturated carbocycles. The van der Waals surface area contributed by atoms with Gasteiger partial charge in [0, 0.05) is 11.1 Å². The Bertz CT molecular complexity index is 337. The Hall–Kier alpha value is -0.530. The second-order valence-electron chi connectivity index (χ2n) is 4.66. The fourth-order valence-corrected chi connectivity index (χ4v) is 2.10.